The standard InChI is InChI=1S/C23H25N3O4/c1-14-16-7-5-6-8-17(16)29-19(14)13-26(4)20(27)10-9-15-11-18-21(24-12-15)25-22(28)23(2,3)30-18/h5-12,22,28H,13H2,1-4H3,(H,24,25)/b10-9+. The summed E-state index contributed by atoms with van der Waals surface area (Å²) in [5.74, 6) is 1.63. The molecular weight excluding hydrogens is 382 g/mol. The van der Waals surface area contributed by atoms with Gasteiger partial charge in [0.2, 0.25) is 5.91 Å². The van der Waals surface area contributed by atoms with E-state index in [-0.39, 0.29) is 5.91 Å². The molecule has 7 heteroatoms. The summed E-state index contributed by atoms with van der Waals surface area (Å²) in [6, 6.07) is 9.63. The second kappa shape index (κ2) is 7.50. The SMILES string of the molecule is Cc1c(CN(C)C(=O)/C=C/c2cnc3c(c2)OC(C)(C)C(O)N3)oc2ccccc12. The highest BCUT2D eigenvalue weighted by Crippen LogP contribution is 2.34. The van der Waals surface area contributed by atoms with E-state index in [1.54, 1.807) is 44.1 Å². The average molecular weight is 407 g/mol. The monoisotopic (exact) mass is 407 g/mol. The molecule has 2 aromatic heterocycles. The third-order valence-electron chi connectivity index (χ3n) is 5.30. The maximum atomic E-state index is 12.6. The van der Waals surface area contributed by atoms with Crippen LogP contribution in [0.2, 0.25) is 0 Å². The van der Waals surface area contributed by atoms with E-state index >= 15 is 0 Å². The van der Waals surface area contributed by atoms with Crippen LogP contribution in [0.4, 0.5) is 5.82 Å². The van der Waals surface area contributed by atoms with Crippen LogP contribution < -0.4 is 10.1 Å². The summed E-state index contributed by atoms with van der Waals surface area (Å²) < 4.78 is 11.7. The number of carbonyl (C=O) groups excluding carboxylic acids is 1. The number of amides is 1. The van der Waals surface area contributed by atoms with Crippen LogP contribution in [0.3, 0.4) is 0 Å². The molecule has 1 unspecified atom stereocenters. The molecule has 30 heavy (non-hydrogen) atoms. The van der Waals surface area contributed by atoms with E-state index in [0.717, 1.165) is 27.9 Å². The molecule has 0 aliphatic carbocycles. The number of rotatable bonds is 4. The van der Waals surface area contributed by atoms with E-state index < -0.39 is 11.8 Å². The van der Waals surface area contributed by atoms with Crippen molar-refractivity contribution in [1.29, 1.82) is 0 Å². The first-order valence-corrected chi connectivity index (χ1v) is 9.78. The van der Waals surface area contributed by atoms with Gasteiger partial charge in [-0.15, -0.1) is 0 Å². The molecule has 0 saturated carbocycles. The Bertz CT molecular complexity index is 1130. The third kappa shape index (κ3) is 3.76. The predicted molar refractivity (Wildman–Crippen MR) is 115 cm³/mol. The number of likely N-dealkylation sites (N-methyl/N-ethyl adjacent to an activating group) is 1. The number of nitrogens with one attached hydrogen (secondary N) is 1. The van der Waals surface area contributed by atoms with Gasteiger partial charge < -0.3 is 24.5 Å². The number of aliphatic hydroxyl groups is 1. The summed E-state index contributed by atoms with van der Waals surface area (Å²) in [5.41, 5.74) is 1.81. The van der Waals surface area contributed by atoms with E-state index in [9.17, 15) is 9.90 Å². The molecule has 1 aliphatic heterocycles. The van der Waals surface area contributed by atoms with Crippen LogP contribution in [0.1, 0.15) is 30.7 Å². The number of hydrogen-bond acceptors (Lipinski definition) is 6. The first kappa shape index (κ1) is 20.0. The van der Waals surface area contributed by atoms with E-state index in [4.69, 9.17) is 9.15 Å². The molecule has 0 fully saturated rings. The number of aromatic nitrogens is 1. The Morgan fingerprint density at radius 1 is 1.37 bits per heavy atom. The van der Waals surface area contributed by atoms with Crippen molar-refractivity contribution in [2.24, 2.45) is 0 Å². The lowest BCUT2D eigenvalue weighted by Gasteiger charge is -2.37. The lowest BCUT2D eigenvalue weighted by molar-refractivity contribution is -0.125. The van der Waals surface area contributed by atoms with Crippen LogP contribution in [0, 0.1) is 6.92 Å². The van der Waals surface area contributed by atoms with Gasteiger partial charge in [-0.3, -0.25) is 4.79 Å². The highest BCUT2D eigenvalue weighted by Gasteiger charge is 2.36. The topological polar surface area (TPSA) is 87.8 Å². The van der Waals surface area contributed by atoms with Gasteiger partial charge in [0.25, 0.3) is 0 Å². The Hall–Kier alpha value is -3.32. The number of ether oxygens (including phenoxy) is 1. The Labute approximate surface area is 175 Å². The molecule has 1 aromatic carbocycles. The van der Waals surface area contributed by atoms with Crippen LogP contribution in [-0.4, -0.2) is 39.8 Å². The number of fused-ring (bicyclic) bond motifs is 2. The van der Waals surface area contributed by atoms with Gasteiger partial charge >= 0.3 is 0 Å². The number of nitrogens with zero attached hydrogens (tertiary/aromatic N) is 2. The summed E-state index contributed by atoms with van der Waals surface area (Å²) >= 11 is 0. The highest BCUT2D eigenvalue weighted by atomic mass is 16.5. The van der Waals surface area contributed by atoms with E-state index in [1.807, 2.05) is 31.2 Å². The second-order valence-electron chi connectivity index (χ2n) is 8.04. The van der Waals surface area contributed by atoms with Crippen LogP contribution in [0.15, 0.2) is 47.0 Å². The number of anilines is 1. The van der Waals surface area contributed by atoms with Gasteiger partial charge in [-0.1, -0.05) is 18.2 Å². The van der Waals surface area contributed by atoms with E-state index in [2.05, 4.69) is 10.3 Å². The van der Waals surface area contributed by atoms with E-state index in [1.165, 1.54) is 6.08 Å². The quantitative estimate of drug-likeness (QED) is 0.641. The minimum atomic E-state index is -0.851. The first-order valence-electron chi connectivity index (χ1n) is 9.78. The van der Waals surface area contributed by atoms with Gasteiger partial charge in [0.05, 0.1) is 6.54 Å². The molecule has 1 atom stereocenters. The van der Waals surface area contributed by atoms with Crippen molar-refractivity contribution < 1.29 is 19.1 Å². The Morgan fingerprint density at radius 3 is 2.90 bits per heavy atom. The number of benzene rings is 1. The summed E-state index contributed by atoms with van der Waals surface area (Å²) in [4.78, 5) is 18.5. The summed E-state index contributed by atoms with van der Waals surface area (Å²) in [5, 5.41) is 14.0. The van der Waals surface area contributed by atoms with Gasteiger partial charge in [0, 0.05) is 30.3 Å². The zero-order chi connectivity index (χ0) is 21.5. The molecule has 2 N–H and O–H groups in total. The number of pyridine rings is 1. The van der Waals surface area contributed by atoms with Crippen LogP contribution >= 0.6 is 0 Å². The number of aliphatic hydroxyl groups excluding tert-OH is 1. The second-order valence-corrected chi connectivity index (χ2v) is 8.04. The van der Waals surface area contributed by atoms with Gasteiger partial charge in [-0.25, -0.2) is 4.98 Å². The fourth-order valence-electron chi connectivity index (χ4n) is 3.34. The fourth-order valence-corrected chi connectivity index (χ4v) is 3.34. The number of para-hydroxylation sites is 1. The zero-order valence-corrected chi connectivity index (χ0v) is 17.5. The molecule has 0 radical (unpaired) electrons. The largest absolute Gasteiger partial charge is 0.479 e. The van der Waals surface area contributed by atoms with Crippen molar-refractivity contribution >= 4 is 28.8 Å². The Morgan fingerprint density at radius 2 is 2.13 bits per heavy atom. The van der Waals surface area contributed by atoms with Crippen LogP contribution in [0.25, 0.3) is 17.0 Å². The number of hydrogen-bond donors (Lipinski definition) is 2. The van der Waals surface area contributed by atoms with Gasteiger partial charge in [0.1, 0.15) is 16.9 Å². The summed E-state index contributed by atoms with van der Waals surface area (Å²) in [7, 11) is 1.74. The Balaban J connectivity index is 1.46. The molecule has 3 aromatic rings. The van der Waals surface area contributed by atoms with Crippen molar-refractivity contribution in [1.82, 2.24) is 9.88 Å². The number of carbonyl (C=O) groups is 1. The molecular formula is C23H25N3O4. The van der Waals surface area contributed by atoms with Crippen molar-refractivity contribution in [2.45, 2.75) is 39.1 Å². The summed E-state index contributed by atoms with van der Waals surface area (Å²) in [6.45, 7) is 5.95. The lowest BCUT2D eigenvalue weighted by atomic mass is 10.1. The molecule has 1 amide bonds. The van der Waals surface area contributed by atoms with Crippen molar-refractivity contribution in [3.05, 3.63) is 59.5 Å². The fraction of sp³-hybridized carbons (Fsp3) is 0.304. The van der Waals surface area contributed by atoms with Gasteiger partial charge in [-0.05, 0) is 44.5 Å². The minimum absolute atomic E-state index is 0.151. The summed E-state index contributed by atoms with van der Waals surface area (Å²) in [6.07, 6.45) is 3.96. The molecule has 1 aliphatic rings. The molecule has 0 spiro atoms. The number of furan rings is 1. The molecule has 7 nitrogen and oxygen atoms in total. The molecule has 156 valence electrons. The highest BCUT2D eigenvalue weighted by molar-refractivity contribution is 5.91. The first-order chi connectivity index (χ1) is 14.2. The van der Waals surface area contributed by atoms with Crippen molar-refractivity contribution in [3.63, 3.8) is 0 Å². The normalized spacial score (nSPS) is 17.4. The van der Waals surface area contributed by atoms with Gasteiger partial charge in [-0.2, -0.15) is 0 Å². The minimum Gasteiger partial charge on any atom is -0.479 e. The smallest absolute Gasteiger partial charge is 0.246 e. The van der Waals surface area contributed by atoms with Crippen molar-refractivity contribution in [2.75, 3.05) is 12.4 Å². The van der Waals surface area contributed by atoms with E-state index in [0.29, 0.717) is 18.1 Å². The van der Waals surface area contributed by atoms with Crippen LogP contribution in [-0.2, 0) is 11.3 Å². The third-order valence-corrected chi connectivity index (χ3v) is 5.30. The molecule has 0 bridgehead atoms. The maximum Gasteiger partial charge on any atom is 0.246 e. The predicted octanol–water partition coefficient (Wildman–Crippen LogP) is 3.71. The average Bonchev–Trinajstić information content (AvgIpc) is 3.02. The lowest BCUT2D eigenvalue weighted by Crippen LogP contribution is -2.49. The molecule has 3 heterocycles. The Kier molecular flexibility index (Phi) is 4.99. The molecule has 0 saturated heterocycles. The van der Waals surface area contributed by atoms with Crippen molar-refractivity contribution in [3.8, 4) is 5.75 Å². The number of aryl methyl sites for hydroxylation is 1. The maximum absolute atomic E-state index is 12.6. The zero-order valence-electron chi connectivity index (χ0n) is 17.5. The van der Waals surface area contributed by atoms with Gasteiger partial charge in [0.15, 0.2) is 17.8 Å². The molecule has 4 rings (SSSR count). The van der Waals surface area contributed by atoms with Crippen LogP contribution in [0.5, 0.6) is 5.75 Å².